The van der Waals surface area contributed by atoms with Crippen LogP contribution in [0.25, 0.3) is 5.16 Å². The summed E-state index contributed by atoms with van der Waals surface area (Å²) in [6.45, 7) is 2.22. The molecular formula is C11H17ClN2. The van der Waals surface area contributed by atoms with Crippen LogP contribution in [0, 0.1) is 0 Å². The standard InChI is InChI=1S/C11H17ClN2/c1-2-3-4-5-6-7-11(12)14-9-8-13-10-14/h7-10H,2-6H2,1H3. The number of rotatable bonds is 6. The first kappa shape index (κ1) is 11.3. The number of unbranched alkanes of at least 4 members (excludes halogenated alkanes) is 4. The van der Waals surface area contributed by atoms with Crippen LogP contribution in [-0.4, -0.2) is 9.55 Å². The fourth-order valence-corrected chi connectivity index (χ4v) is 1.49. The van der Waals surface area contributed by atoms with E-state index in [0.717, 1.165) is 11.6 Å². The molecule has 0 saturated heterocycles. The van der Waals surface area contributed by atoms with E-state index < -0.39 is 0 Å². The van der Waals surface area contributed by atoms with Gasteiger partial charge in [-0.2, -0.15) is 0 Å². The smallest absolute Gasteiger partial charge is 0.110 e. The number of hydrogen-bond acceptors (Lipinski definition) is 1. The van der Waals surface area contributed by atoms with Gasteiger partial charge in [0, 0.05) is 12.4 Å². The molecule has 2 nitrogen and oxygen atoms in total. The predicted octanol–water partition coefficient (Wildman–Crippen LogP) is 3.89. The van der Waals surface area contributed by atoms with Gasteiger partial charge in [-0.3, -0.25) is 4.57 Å². The molecule has 1 heterocycles. The third kappa shape index (κ3) is 3.97. The normalized spacial score (nSPS) is 12.0. The topological polar surface area (TPSA) is 17.8 Å². The number of hydrogen-bond donors (Lipinski definition) is 0. The summed E-state index contributed by atoms with van der Waals surface area (Å²) < 4.78 is 1.82. The molecule has 1 aromatic heterocycles. The van der Waals surface area contributed by atoms with Crippen molar-refractivity contribution in [2.24, 2.45) is 0 Å². The van der Waals surface area contributed by atoms with Crippen LogP contribution in [0.15, 0.2) is 24.8 Å². The second-order valence-corrected chi connectivity index (χ2v) is 3.73. The van der Waals surface area contributed by atoms with Crippen molar-refractivity contribution in [1.29, 1.82) is 0 Å². The maximum Gasteiger partial charge on any atom is 0.110 e. The Kier molecular flexibility index (Phi) is 5.38. The minimum atomic E-state index is 0.749. The Hall–Kier alpha value is -0.760. The van der Waals surface area contributed by atoms with Gasteiger partial charge in [-0.25, -0.2) is 4.98 Å². The summed E-state index contributed by atoms with van der Waals surface area (Å²) in [7, 11) is 0. The van der Waals surface area contributed by atoms with Crippen LogP contribution in [0.1, 0.15) is 39.0 Å². The van der Waals surface area contributed by atoms with Gasteiger partial charge in [-0.05, 0) is 18.9 Å². The quantitative estimate of drug-likeness (QED) is 0.655. The molecule has 78 valence electrons. The molecule has 1 rings (SSSR count). The lowest BCUT2D eigenvalue weighted by Crippen LogP contribution is -1.86. The summed E-state index contributed by atoms with van der Waals surface area (Å²) in [5.41, 5.74) is 0. The zero-order valence-corrected chi connectivity index (χ0v) is 9.37. The molecule has 0 atom stereocenters. The molecule has 0 bridgehead atoms. The third-order valence-electron chi connectivity index (χ3n) is 2.12. The first-order valence-corrected chi connectivity index (χ1v) is 5.56. The molecule has 0 unspecified atom stereocenters. The Balaban J connectivity index is 2.24. The van der Waals surface area contributed by atoms with Gasteiger partial charge in [0.05, 0.1) is 6.33 Å². The zero-order chi connectivity index (χ0) is 10.2. The molecule has 0 saturated carbocycles. The molecule has 0 amide bonds. The van der Waals surface area contributed by atoms with Gasteiger partial charge in [-0.15, -0.1) is 0 Å². The molecule has 14 heavy (non-hydrogen) atoms. The summed E-state index contributed by atoms with van der Waals surface area (Å²) in [5.74, 6) is 0. The summed E-state index contributed by atoms with van der Waals surface area (Å²) >= 11 is 6.04. The van der Waals surface area contributed by atoms with Crippen molar-refractivity contribution in [3.05, 3.63) is 24.8 Å². The van der Waals surface area contributed by atoms with Gasteiger partial charge < -0.3 is 0 Å². The van der Waals surface area contributed by atoms with E-state index in [2.05, 4.69) is 18.0 Å². The van der Waals surface area contributed by atoms with Crippen molar-refractivity contribution in [1.82, 2.24) is 9.55 Å². The van der Waals surface area contributed by atoms with Crippen LogP contribution in [-0.2, 0) is 0 Å². The second-order valence-electron chi connectivity index (χ2n) is 3.35. The van der Waals surface area contributed by atoms with Crippen LogP contribution < -0.4 is 0 Å². The molecule has 0 radical (unpaired) electrons. The van der Waals surface area contributed by atoms with E-state index in [1.54, 1.807) is 12.5 Å². The molecule has 0 aliphatic carbocycles. The van der Waals surface area contributed by atoms with E-state index in [1.807, 2.05) is 10.8 Å². The number of allylic oxidation sites excluding steroid dienone is 1. The highest BCUT2D eigenvalue weighted by Gasteiger charge is 1.93. The van der Waals surface area contributed by atoms with Gasteiger partial charge in [0.25, 0.3) is 0 Å². The Morgan fingerprint density at radius 2 is 2.29 bits per heavy atom. The lowest BCUT2D eigenvalue weighted by Gasteiger charge is -1.99. The van der Waals surface area contributed by atoms with E-state index in [1.165, 1.54) is 25.7 Å². The van der Waals surface area contributed by atoms with Gasteiger partial charge >= 0.3 is 0 Å². The fourth-order valence-electron chi connectivity index (χ4n) is 1.28. The molecule has 0 spiro atoms. The largest absolute Gasteiger partial charge is 0.297 e. The highest BCUT2D eigenvalue weighted by molar-refractivity contribution is 6.45. The number of aromatic nitrogens is 2. The predicted molar refractivity (Wildman–Crippen MR) is 61.1 cm³/mol. The highest BCUT2D eigenvalue weighted by Crippen LogP contribution is 2.12. The van der Waals surface area contributed by atoms with Gasteiger partial charge in [0.2, 0.25) is 0 Å². The van der Waals surface area contributed by atoms with Gasteiger partial charge in [0.1, 0.15) is 5.16 Å². The Bertz CT molecular complexity index is 265. The molecule has 3 heteroatoms. The summed E-state index contributed by atoms with van der Waals surface area (Å²) in [6.07, 6.45) is 13.5. The monoisotopic (exact) mass is 212 g/mol. The summed E-state index contributed by atoms with van der Waals surface area (Å²) in [4.78, 5) is 3.94. The van der Waals surface area contributed by atoms with Crippen LogP contribution in [0.3, 0.4) is 0 Å². The average Bonchev–Trinajstić information content (AvgIpc) is 2.70. The molecule has 1 aromatic rings. The third-order valence-corrected chi connectivity index (χ3v) is 2.47. The highest BCUT2D eigenvalue weighted by atomic mass is 35.5. The Labute approximate surface area is 90.6 Å². The number of nitrogens with zero attached hydrogens (tertiary/aromatic N) is 2. The molecule has 0 N–H and O–H groups in total. The van der Waals surface area contributed by atoms with Crippen molar-refractivity contribution in [3.63, 3.8) is 0 Å². The van der Waals surface area contributed by atoms with E-state index in [0.29, 0.717) is 0 Å². The van der Waals surface area contributed by atoms with Crippen molar-refractivity contribution in [3.8, 4) is 0 Å². The molecule has 0 aromatic carbocycles. The van der Waals surface area contributed by atoms with Crippen LogP contribution in [0.4, 0.5) is 0 Å². The van der Waals surface area contributed by atoms with E-state index in [-0.39, 0.29) is 0 Å². The van der Waals surface area contributed by atoms with Gasteiger partial charge in [-0.1, -0.05) is 37.8 Å². The Morgan fingerprint density at radius 3 is 2.93 bits per heavy atom. The van der Waals surface area contributed by atoms with Crippen molar-refractivity contribution in [2.45, 2.75) is 39.0 Å². The van der Waals surface area contributed by atoms with E-state index >= 15 is 0 Å². The van der Waals surface area contributed by atoms with Crippen molar-refractivity contribution >= 4 is 16.8 Å². The summed E-state index contributed by atoms with van der Waals surface area (Å²) in [5, 5.41) is 0.749. The maximum atomic E-state index is 6.04. The molecule has 0 fully saturated rings. The molecule has 0 aliphatic rings. The lowest BCUT2D eigenvalue weighted by atomic mass is 10.1. The zero-order valence-electron chi connectivity index (χ0n) is 8.62. The fraction of sp³-hybridized carbons (Fsp3) is 0.545. The number of halogens is 1. The van der Waals surface area contributed by atoms with Crippen LogP contribution in [0.2, 0.25) is 0 Å². The van der Waals surface area contributed by atoms with Crippen LogP contribution in [0.5, 0.6) is 0 Å². The summed E-state index contributed by atoms with van der Waals surface area (Å²) in [6, 6.07) is 0. The second kappa shape index (κ2) is 6.66. The SMILES string of the molecule is CCCCCCC=C(Cl)n1ccnc1. The van der Waals surface area contributed by atoms with E-state index in [4.69, 9.17) is 11.6 Å². The van der Waals surface area contributed by atoms with Crippen LogP contribution >= 0.6 is 11.6 Å². The Morgan fingerprint density at radius 1 is 1.43 bits per heavy atom. The number of imidazole rings is 1. The van der Waals surface area contributed by atoms with E-state index in [9.17, 15) is 0 Å². The van der Waals surface area contributed by atoms with Gasteiger partial charge in [0.15, 0.2) is 0 Å². The van der Waals surface area contributed by atoms with Crippen molar-refractivity contribution in [2.75, 3.05) is 0 Å². The average molecular weight is 213 g/mol. The first-order valence-electron chi connectivity index (χ1n) is 5.18. The minimum absolute atomic E-state index is 0.749. The maximum absolute atomic E-state index is 6.04. The molecular weight excluding hydrogens is 196 g/mol. The lowest BCUT2D eigenvalue weighted by molar-refractivity contribution is 0.674. The van der Waals surface area contributed by atoms with Crippen molar-refractivity contribution < 1.29 is 0 Å². The minimum Gasteiger partial charge on any atom is -0.297 e. The first-order chi connectivity index (χ1) is 6.84. The molecule has 0 aliphatic heterocycles.